The van der Waals surface area contributed by atoms with Crippen molar-refractivity contribution >= 4 is 34.1 Å². The molecule has 3 rings (SSSR count). The molecule has 1 aliphatic rings. The highest BCUT2D eigenvalue weighted by Gasteiger charge is 2.24. The Hall–Kier alpha value is -2.68. The number of aromatic nitrogens is 2. The molecule has 0 atom stereocenters. The van der Waals surface area contributed by atoms with Crippen LogP contribution >= 0.6 is 11.3 Å². The molecule has 0 aliphatic carbocycles. The van der Waals surface area contributed by atoms with E-state index in [0.717, 1.165) is 0 Å². The van der Waals surface area contributed by atoms with Gasteiger partial charge in [-0.3, -0.25) is 14.5 Å². The third kappa shape index (κ3) is 3.24. The smallest absolute Gasteiger partial charge is 0.323 e. The van der Waals surface area contributed by atoms with Gasteiger partial charge in [-0.05, 0) is 12.1 Å². The fourth-order valence-corrected chi connectivity index (χ4v) is 3.06. The third-order valence-electron chi connectivity index (χ3n) is 3.37. The average Bonchev–Trinajstić information content (AvgIpc) is 3.12. The summed E-state index contributed by atoms with van der Waals surface area (Å²) in [5.41, 5.74) is 0.526. The van der Waals surface area contributed by atoms with Crippen LogP contribution in [0.15, 0.2) is 28.5 Å². The topological polar surface area (TPSA) is 96.3 Å². The number of urea groups is 1. The number of aryl methyl sites for hydroxylation is 1. The first-order valence-electron chi connectivity index (χ1n) is 7.00. The van der Waals surface area contributed by atoms with Crippen LogP contribution < -0.4 is 21.1 Å². The first-order chi connectivity index (χ1) is 11.0. The molecule has 1 saturated heterocycles. The van der Waals surface area contributed by atoms with Gasteiger partial charge in [0, 0.05) is 31.7 Å². The summed E-state index contributed by atoms with van der Waals surface area (Å²) in [6, 6.07) is 3.06. The van der Waals surface area contributed by atoms with Crippen LogP contribution in [0.4, 0.5) is 15.6 Å². The average molecular weight is 333 g/mol. The Morgan fingerprint density at radius 3 is 3.04 bits per heavy atom. The number of anilines is 2. The molecular formula is C14H15N5O3S. The molecule has 0 bridgehead atoms. The maximum atomic E-state index is 12.1. The molecule has 2 aromatic rings. The quantitative estimate of drug-likeness (QED) is 0.854. The van der Waals surface area contributed by atoms with Crippen LogP contribution in [0.25, 0.3) is 0 Å². The fraction of sp³-hybridized carbons (Fsp3) is 0.286. The number of carbonyl (C=O) groups is 2. The molecule has 23 heavy (non-hydrogen) atoms. The number of pyridine rings is 1. The lowest BCUT2D eigenvalue weighted by molar-refractivity contribution is -0.115. The molecule has 120 valence electrons. The van der Waals surface area contributed by atoms with Crippen LogP contribution in [0.2, 0.25) is 0 Å². The van der Waals surface area contributed by atoms with E-state index in [1.807, 2.05) is 0 Å². The number of amides is 3. The molecule has 3 amide bonds. The Morgan fingerprint density at radius 1 is 1.48 bits per heavy atom. The Morgan fingerprint density at radius 2 is 2.30 bits per heavy atom. The minimum atomic E-state index is -0.323. The van der Waals surface area contributed by atoms with Gasteiger partial charge in [0.1, 0.15) is 5.69 Å². The predicted octanol–water partition coefficient (Wildman–Crippen LogP) is 0.553. The zero-order valence-corrected chi connectivity index (χ0v) is 13.2. The van der Waals surface area contributed by atoms with Gasteiger partial charge in [-0.1, -0.05) is 0 Å². The zero-order chi connectivity index (χ0) is 16.4. The number of nitrogens with one attached hydrogen (secondary N) is 2. The molecule has 1 fully saturated rings. The van der Waals surface area contributed by atoms with E-state index in [-0.39, 0.29) is 29.6 Å². The van der Waals surface area contributed by atoms with Gasteiger partial charge in [0.2, 0.25) is 5.91 Å². The van der Waals surface area contributed by atoms with Crippen molar-refractivity contribution in [1.82, 2.24) is 14.9 Å². The van der Waals surface area contributed by atoms with E-state index in [4.69, 9.17) is 0 Å². The number of hydrogen-bond donors (Lipinski definition) is 2. The summed E-state index contributed by atoms with van der Waals surface area (Å²) in [5.74, 6) is -0.323. The lowest BCUT2D eigenvalue weighted by Gasteiger charge is -2.08. The van der Waals surface area contributed by atoms with E-state index in [9.17, 15) is 14.4 Å². The number of hydrogen-bond acceptors (Lipinski definition) is 5. The molecule has 8 nitrogen and oxygen atoms in total. The standard InChI is InChI=1S/C14H15N5O3S/c1-18-5-2-3-10(12(18)21)17-11(20)7-9-8-23-14(16-9)19-6-4-15-13(19)22/h2-3,5,8H,4,6-7H2,1H3,(H,15,22)(H,17,20). The highest BCUT2D eigenvalue weighted by molar-refractivity contribution is 7.14. The third-order valence-corrected chi connectivity index (χ3v) is 4.28. The van der Waals surface area contributed by atoms with E-state index >= 15 is 0 Å². The molecule has 1 aliphatic heterocycles. The molecule has 2 aromatic heterocycles. The van der Waals surface area contributed by atoms with E-state index in [0.29, 0.717) is 23.9 Å². The molecular weight excluding hydrogens is 318 g/mol. The minimum absolute atomic E-state index is 0.0456. The second kappa shape index (κ2) is 6.21. The Balaban J connectivity index is 1.66. The minimum Gasteiger partial charge on any atom is -0.336 e. The second-order valence-electron chi connectivity index (χ2n) is 5.07. The van der Waals surface area contributed by atoms with E-state index < -0.39 is 0 Å². The van der Waals surface area contributed by atoms with Crippen molar-refractivity contribution in [3.63, 3.8) is 0 Å². The summed E-state index contributed by atoms with van der Waals surface area (Å²) >= 11 is 1.31. The van der Waals surface area contributed by atoms with E-state index in [1.54, 1.807) is 35.7 Å². The summed E-state index contributed by atoms with van der Waals surface area (Å²) in [7, 11) is 1.62. The molecule has 0 aromatic carbocycles. The number of nitrogens with zero attached hydrogens (tertiary/aromatic N) is 3. The van der Waals surface area contributed by atoms with Gasteiger partial charge in [-0.15, -0.1) is 11.3 Å². The van der Waals surface area contributed by atoms with Gasteiger partial charge in [0.25, 0.3) is 5.56 Å². The van der Waals surface area contributed by atoms with Crippen molar-refractivity contribution in [2.45, 2.75) is 6.42 Å². The van der Waals surface area contributed by atoms with Crippen molar-refractivity contribution in [1.29, 1.82) is 0 Å². The lowest BCUT2D eigenvalue weighted by Crippen LogP contribution is -2.27. The number of rotatable bonds is 4. The first-order valence-corrected chi connectivity index (χ1v) is 7.88. The second-order valence-corrected chi connectivity index (χ2v) is 5.90. The summed E-state index contributed by atoms with van der Waals surface area (Å²) in [5, 5.41) is 7.59. The van der Waals surface area contributed by atoms with Gasteiger partial charge < -0.3 is 15.2 Å². The summed E-state index contributed by atoms with van der Waals surface area (Å²) < 4.78 is 1.39. The maximum absolute atomic E-state index is 12.1. The summed E-state index contributed by atoms with van der Waals surface area (Å²) in [6.07, 6.45) is 1.66. The summed E-state index contributed by atoms with van der Waals surface area (Å²) in [4.78, 5) is 41.3. The molecule has 9 heteroatoms. The van der Waals surface area contributed by atoms with Gasteiger partial charge >= 0.3 is 6.03 Å². The SMILES string of the molecule is Cn1cccc(NC(=O)Cc2csc(N3CCNC3=O)n2)c1=O. The Labute approximate surface area is 135 Å². The van der Waals surface area contributed by atoms with Crippen molar-refractivity contribution in [2.24, 2.45) is 7.05 Å². The Kier molecular flexibility index (Phi) is 4.11. The van der Waals surface area contributed by atoms with Gasteiger partial charge in [-0.2, -0.15) is 0 Å². The predicted molar refractivity (Wildman–Crippen MR) is 86.9 cm³/mol. The fourth-order valence-electron chi connectivity index (χ4n) is 2.21. The normalized spacial score (nSPS) is 14.0. The maximum Gasteiger partial charge on any atom is 0.323 e. The van der Waals surface area contributed by atoms with Gasteiger partial charge in [0.15, 0.2) is 5.13 Å². The number of carbonyl (C=O) groups excluding carboxylic acids is 2. The van der Waals surface area contributed by atoms with Crippen LogP contribution in [0.5, 0.6) is 0 Å². The van der Waals surface area contributed by atoms with Crippen molar-refractivity contribution in [3.05, 3.63) is 39.8 Å². The van der Waals surface area contributed by atoms with Crippen LogP contribution in [-0.4, -0.2) is 34.6 Å². The molecule has 0 spiro atoms. The van der Waals surface area contributed by atoms with Crippen LogP contribution in [0, 0.1) is 0 Å². The molecule has 0 unspecified atom stereocenters. The lowest BCUT2D eigenvalue weighted by atomic mass is 10.3. The molecule has 2 N–H and O–H groups in total. The number of thiazole rings is 1. The van der Waals surface area contributed by atoms with Crippen molar-refractivity contribution in [3.8, 4) is 0 Å². The van der Waals surface area contributed by atoms with Gasteiger partial charge in [0.05, 0.1) is 12.1 Å². The zero-order valence-electron chi connectivity index (χ0n) is 12.4. The molecule has 3 heterocycles. The highest BCUT2D eigenvalue weighted by Crippen LogP contribution is 2.22. The molecule has 0 saturated carbocycles. The molecule has 0 radical (unpaired) electrons. The van der Waals surface area contributed by atoms with E-state index in [1.165, 1.54) is 15.9 Å². The summed E-state index contributed by atoms with van der Waals surface area (Å²) in [6.45, 7) is 1.16. The highest BCUT2D eigenvalue weighted by atomic mass is 32.1. The van der Waals surface area contributed by atoms with Crippen LogP contribution in [-0.2, 0) is 18.3 Å². The monoisotopic (exact) mass is 333 g/mol. The van der Waals surface area contributed by atoms with Crippen LogP contribution in [0.1, 0.15) is 5.69 Å². The van der Waals surface area contributed by atoms with Crippen molar-refractivity contribution < 1.29 is 9.59 Å². The van der Waals surface area contributed by atoms with Crippen molar-refractivity contribution in [2.75, 3.05) is 23.3 Å². The van der Waals surface area contributed by atoms with E-state index in [2.05, 4.69) is 15.6 Å². The Bertz CT molecular complexity index is 813. The largest absolute Gasteiger partial charge is 0.336 e. The van der Waals surface area contributed by atoms with Gasteiger partial charge in [-0.25, -0.2) is 9.78 Å². The van der Waals surface area contributed by atoms with Crippen LogP contribution in [0.3, 0.4) is 0 Å². The first kappa shape index (κ1) is 15.2.